The number of hydrogen-bond donors (Lipinski definition) is 0. The molecule has 0 amide bonds. The molecule has 0 saturated carbocycles. The Balaban J connectivity index is 2.90. The zero-order valence-electron chi connectivity index (χ0n) is 11.0. The zero-order valence-corrected chi connectivity index (χ0v) is 12.6. The fourth-order valence-electron chi connectivity index (χ4n) is 1.57. The van der Waals surface area contributed by atoms with Crippen LogP contribution >= 0.6 is 15.9 Å². The molecule has 1 rings (SSSR count). The van der Waals surface area contributed by atoms with Crippen LogP contribution in [-0.2, 0) is 9.53 Å². The Kier molecular flexibility index (Phi) is 6.37. The molecule has 5 heteroatoms. The minimum atomic E-state index is -0.668. The van der Waals surface area contributed by atoms with Crippen molar-refractivity contribution in [3.05, 3.63) is 28.2 Å². The first-order valence-corrected chi connectivity index (χ1v) is 6.94. The molecule has 0 bridgehead atoms. The Morgan fingerprint density at radius 1 is 1.47 bits per heavy atom. The van der Waals surface area contributed by atoms with E-state index in [0.717, 1.165) is 10.9 Å². The van der Waals surface area contributed by atoms with Gasteiger partial charge in [-0.05, 0) is 31.5 Å². The molecule has 0 N–H and O–H groups in total. The van der Waals surface area contributed by atoms with Crippen LogP contribution in [0, 0.1) is 11.3 Å². The van der Waals surface area contributed by atoms with Crippen molar-refractivity contribution in [1.82, 2.24) is 0 Å². The summed E-state index contributed by atoms with van der Waals surface area (Å²) < 4.78 is 11.4. The highest BCUT2D eigenvalue weighted by Crippen LogP contribution is 2.24. The van der Waals surface area contributed by atoms with Crippen LogP contribution in [0.2, 0.25) is 0 Å². The summed E-state index contributed by atoms with van der Waals surface area (Å²) in [6, 6.07) is 7.14. The number of nitriles is 1. The maximum Gasteiger partial charge on any atom is 0.347 e. The van der Waals surface area contributed by atoms with Gasteiger partial charge in [-0.15, -0.1) is 0 Å². The molecule has 102 valence electrons. The van der Waals surface area contributed by atoms with Gasteiger partial charge in [0.25, 0.3) is 0 Å². The van der Waals surface area contributed by atoms with E-state index in [2.05, 4.69) is 15.9 Å². The van der Waals surface area contributed by atoms with Gasteiger partial charge in [0.2, 0.25) is 0 Å². The van der Waals surface area contributed by atoms with Crippen molar-refractivity contribution in [1.29, 1.82) is 5.26 Å². The van der Waals surface area contributed by atoms with Gasteiger partial charge in [0, 0.05) is 4.47 Å². The normalized spacial score (nSPS) is 11.5. The maximum absolute atomic E-state index is 11.8. The molecule has 19 heavy (non-hydrogen) atoms. The zero-order chi connectivity index (χ0) is 14.3. The Labute approximate surface area is 121 Å². The van der Waals surface area contributed by atoms with Crippen LogP contribution < -0.4 is 4.74 Å². The minimum absolute atomic E-state index is 0.313. The Morgan fingerprint density at radius 3 is 2.79 bits per heavy atom. The SMILES string of the molecule is CCCC(Oc1ccc(Br)cc1C#N)C(=O)OCC. The highest BCUT2D eigenvalue weighted by Gasteiger charge is 2.22. The largest absolute Gasteiger partial charge is 0.477 e. The Hall–Kier alpha value is -1.54. The van der Waals surface area contributed by atoms with Crippen molar-refractivity contribution in [3.63, 3.8) is 0 Å². The van der Waals surface area contributed by atoms with Gasteiger partial charge in [-0.3, -0.25) is 0 Å². The molecule has 0 spiro atoms. The number of nitrogens with zero attached hydrogens (tertiary/aromatic N) is 1. The third-order valence-corrected chi connectivity index (χ3v) is 2.92. The summed E-state index contributed by atoms with van der Waals surface area (Å²) in [4.78, 5) is 11.8. The predicted octanol–water partition coefficient (Wildman–Crippen LogP) is 3.43. The molecule has 1 atom stereocenters. The lowest BCUT2D eigenvalue weighted by Crippen LogP contribution is -2.29. The topological polar surface area (TPSA) is 59.3 Å². The lowest BCUT2D eigenvalue weighted by molar-refractivity contribution is -0.151. The van der Waals surface area contributed by atoms with Gasteiger partial charge in [0.05, 0.1) is 12.2 Å². The molecule has 0 aliphatic rings. The summed E-state index contributed by atoms with van der Waals surface area (Å²) in [6.07, 6.45) is 0.681. The van der Waals surface area contributed by atoms with E-state index in [4.69, 9.17) is 14.7 Å². The molecule has 0 fully saturated rings. The molecule has 1 aromatic carbocycles. The van der Waals surface area contributed by atoms with Crippen LogP contribution in [0.25, 0.3) is 0 Å². The lowest BCUT2D eigenvalue weighted by atomic mass is 10.2. The molecule has 4 nitrogen and oxygen atoms in total. The standard InChI is InChI=1S/C14H16BrNO3/c1-3-5-13(14(17)18-4-2)19-12-7-6-11(15)8-10(12)9-16/h6-8,13H,3-5H2,1-2H3. The van der Waals surface area contributed by atoms with Crippen molar-refractivity contribution in [3.8, 4) is 11.8 Å². The van der Waals surface area contributed by atoms with Crippen LogP contribution in [0.4, 0.5) is 0 Å². The highest BCUT2D eigenvalue weighted by atomic mass is 79.9. The number of benzene rings is 1. The van der Waals surface area contributed by atoms with Crippen LogP contribution in [0.15, 0.2) is 22.7 Å². The number of carbonyl (C=O) groups is 1. The van der Waals surface area contributed by atoms with Gasteiger partial charge in [0.15, 0.2) is 6.10 Å². The summed E-state index contributed by atoms with van der Waals surface area (Å²) in [5.74, 6) is 0.00774. The van der Waals surface area contributed by atoms with Crippen molar-refractivity contribution < 1.29 is 14.3 Å². The summed E-state index contributed by atoms with van der Waals surface area (Å²) in [7, 11) is 0. The van der Waals surface area contributed by atoms with Crippen molar-refractivity contribution >= 4 is 21.9 Å². The fourth-order valence-corrected chi connectivity index (χ4v) is 1.93. The van der Waals surface area contributed by atoms with Gasteiger partial charge in [-0.1, -0.05) is 29.3 Å². The van der Waals surface area contributed by atoms with Gasteiger partial charge in [-0.25, -0.2) is 4.79 Å². The van der Waals surface area contributed by atoms with E-state index in [1.54, 1.807) is 25.1 Å². The molecule has 1 unspecified atom stereocenters. The first-order chi connectivity index (χ1) is 9.12. The van der Waals surface area contributed by atoms with Crippen molar-refractivity contribution in [2.24, 2.45) is 0 Å². The molecule has 0 aromatic heterocycles. The van der Waals surface area contributed by atoms with E-state index in [9.17, 15) is 4.79 Å². The molecule has 1 aromatic rings. The molecular formula is C14H16BrNO3. The second-order valence-electron chi connectivity index (χ2n) is 3.90. The minimum Gasteiger partial charge on any atom is -0.477 e. The number of hydrogen-bond acceptors (Lipinski definition) is 4. The molecule has 0 radical (unpaired) electrons. The smallest absolute Gasteiger partial charge is 0.347 e. The van der Waals surface area contributed by atoms with E-state index >= 15 is 0 Å². The number of carbonyl (C=O) groups excluding carboxylic acids is 1. The average Bonchev–Trinajstić information content (AvgIpc) is 2.40. The summed E-state index contributed by atoms with van der Waals surface area (Å²) in [5, 5.41) is 9.06. The second kappa shape index (κ2) is 7.80. The number of rotatable bonds is 6. The lowest BCUT2D eigenvalue weighted by Gasteiger charge is -2.17. The Bertz CT molecular complexity index is 482. The van der Waals surface area contributed by atoms with Crippen LogP contribution in [0.3, 0.4) is 0 Å². The van der Waals surface area contributed by atoms with Gasteiger partial charge >= 0.3 is 5.97 Å². The quantitative estimate of drug-likeness (QED) is 0.752. The van der Waals surface area contributed by atoms with E-state index in [1.165, 1.54) is 0 Å². The van der Waals surface area contributed by atoms with Gasteiger partial charge in [-0.2, -0.15) is 5.26 Å². The number of esters is 1. The molecule has 0 aliphatic heterocycles. The monoisotopic (exact) mass is 325 g/mol. The van der Waals surface area contributed by atoms with Crippen molar-refractivity contribution in [2.45, 2.75) is 32.8 Å². The van der Waals surface area contributed by atoms with Crippen LogP contribution in [0.5, 0.6) is 5.75 Å². The number of ether oxygens (including phenoxy) is 2. The summed E-state index contributed by atoms with van der Waals surface area (Å²) >= 11 is 3.29. The predicted molar refractivity (Wildman–Crippen MR) is 74.8 cm³/mol. The third kappa shape index (κ3) is 4.56. The Morgan fingerprint density at radius 2 is 2.21 bits per heavy atom. The first-order valence-electron chi connectivity index (χ1n) is 6.15. The molecule has 0 saturated heterocycles. The molecule has 0 aliphatic carbocycles. The van der Waals surface area contributed by atoms with E-state index in [1.807, 2.05) is 13.0 Å². The summed E-state index contributed by atoms with van der Waals surface area (Å²) in [5.41, 5.74) is 0.389. The molecule has 0 heterocycles. The fraction of sp³-hybridized carbons (Fsp3) is 0.429. The van der Waals surface area contributed by atoms with Gasteiger partial charge in [0.1, 0.15) is 11.8 Å². The van der Waals surface area contributed by atoms with E-state index < -0.39 is 12.1 Å². The molecular weight excluding hydrogens is 310 g/mol. The highest BCUT2D eigenvalue weighted by molar-refractivity contribution is 9.10. The van der Waals surface area contributed by atoms with Crippen LogP contribution in [0.1, 0.15) is 32.3 Å². The number of halogens is 1. The second-order valence-corrected chi connectivity index (χ2v) is 4.82. The first kappa shape index (κ1) is 15.5. The third-order valence-electron chi connectivity index (χ3n) is 2.43. The van der Waals surface area contributed by atoms with Crippen LogP contribution in [-0.4, -0.2) is 18.7 Å². The van der Waals surface area contributed by atoms with Gasteiger partial charge < -0.3 is 9.47 Å². The van der Waals surface area contributed by atoms with Crippen molar-refractivity contribution in [2.75, 3.05) is 6.61 Å². The summed E-state index contributed by atoms with van der Waals surface area (Å²) in [6.45, 7) is 4.03. The van der Waals surface area contributed by atoms with E-state index in [0.29, 0.717) is 24.3 Å². The maximum atomic E-state index is 11.8. The van der Waals surface area contributed by atoms with E-state index in [-0.39, 0.29) is 0 Å². The average molecular weight is 326 g/mol.